The lowest BCUT2D eigenvalue weighted by Gasteiger charge is -2.07. The molecule has 6 heteroatoms. The third-order valence-electron chi connectivity index (χ3n) is 1.53. The van der Waals surface area contributed by atoms with Crippen LogP contribution in [0.1, 0.15) is 0 Å². The second kappa shape index (κ2) is 3.65. The summed E-state index contributed by atoms with van der Waals surface area (Å²) in [7, 11) is -2.14. The monoisotopic (exact) mass is 264 g/mol. The van der Waals surface area contributed by atoms with Crippen molar-refractivity contribution in [2.24, 2.45) is 0 Å². The van der Waals surface area contributed by atoms with Crippen molar-refractivity contribution in [2.45, 2.75) is 4.90 Å². The first-order valence-electron chi connectivity index (χ1n) is 3.46. The van der Waals surface area contributed by atoms with Crippen molar-refractivity contribution in [3.63, 3.8) is 0 Å². The van der Waals surface area contributed by atoms with Crippen LogP contribution in [0.5, 0.6) is 0 Å². The van der Waals surface area contributed by atoms with E-state index in [-0.39, 0.29) is 10.6 Å². The van der Waals surface area contributed by atoms with Gasteiger partial charge in [-0.2, -0.15) is 0 Å². The number of nitrogens with one attached hydrogen (secondary N) is 1. The van der Waals surface area contributed by atoms with Crippen LogP contribution in [0.15, 0.2) is 27.6 Å². The topological polar surface area (TPSA) is 72.2 Å². The van der Waals surface area contributed by atoms with Crippen LogP contribution in [-0.4, -0.2) is 15.5 Å². The number of halogens is 1. The minimum Gasteiger partial charge on any atom is -0.398 e. The fourth-order valence-corrected chi connectivity index (χ4v) is 2.84. The third-order valence-corrected chi connectivity index (χ3v) is 3.99. The molecule has 0 saturated heterocycles. The smallest absolute Gasteiger partial charge is 0.243 e. The van der Waals surface area contributed by atoms with Crippen molar-refractivity contribution in [3.05, 3.63) is 22.7 Å². The Bertz CT molecular complexity index is 396. The maximum Gasteiger partial charge on any atom is 0.243 e. The van der Waals surface area contributed by atoms with Crippen LogP contribution >= 0.6 is 15.9 Å². The molecule has 0 spiro atoms. The van der Waals surface area contributed by atoms with E-state index in [9.17, 15) is 8.42 Å². The molecule has 0 radical (unpaired) electrons. The standard InChI is InChI=1S/C7H9BrN2O2S/c1-10-13(11,12)7-5(8)3-2-4-6(7)9/h2-4,10H,9H2,1H3. The molecule has 1 aromatic carbocycles. The van der Waals surface area contributed by atoms with Gasteiger partial charge in [0.25, 0.3) is 0 Å². The lowest BCUT2D eigenvalue weighted by molar-refractivity contribution is 0.588. The zero-order valence-corrected chi connectivity index (χ0v) is 9.31. The van der Waals surface area contributed by atoms with E-state index in [4.69, 9.17) is 5.73 Å². The molecule has 3 N–H and O–H groups in total. The first-order chi connectivity index (χ1) is 5.99. The van der Waals surface area contributed by atoms with Gasteiger partial charge in [-0.15, -0.1) is 0 Å². The number of nitrogens with two attached hydrogens (primary N) is 1. The number of benzene rings is 1. The highest BCUT2D eigenvalue weighted by Gasteiger charge is 2.18. The molecule has 0 unspecified atom stereocenters. The molecule has 0 fully saturated rings. The SMILES string of the molecule is CNS(=O)(=O)c1c(N)cccc1Br. The summed E-state index contributed by atoms with van der Waals surface area (Å²) < 4.78 is 25.5. The Morgan fingerprint density at radius 1 is 1.46 bits per heavy atom. The molecule has 72 valence electrons. The van der Waals surface area contributed by atoms with E-state index in [0.717, 1.165) is 0 Å². The molecule has 1 aromatic rings. The van der Waals surface area contributed by atoms with Gasteiger partial charge in [-0.1, -0.05) is 6.07 Å². The molecule has 0 heterocycles. The molecular weight excluding hydrogens is 256 g/mol. The average Bonchev–Trinajstić information content (AvgIpc) is 2.03. The maximum atomic E-state index is 11.4. The highest BCUT2D eigenvalue weighted by atomic mass is 79.9. The molecule has 0 atom stereocenters. The summed E-state index contributed by atoms with van der Waals surface area (Å²) in [5.74, 6) is 0. The van der Waals surface area contributed by atoms with Gasteiger partial charge in [-0.25, -0.2) is 13.1 Å². The predicted molar refractivity (Wildman–Crippen MR) is 54.8 cm³/mol. The molecule has 13 heavy (non-hydrogen) atoms. The van der Waals surface area contributed by atoms with Crippen LogP contribution in [0.2, 0.25) is 0 Å². The van der Waals surface area contributed by atoms with E-state index < -0.39 is 10.0 Å². The summed E-state index contributed by atoms with van der Waals surface area (Å²) in [6.45, 7) is 0. The number of nitrogen functional groups attached to an aromatic ring is 1. The number of hydrogen-bond acceptors (Lipinski definition) is 3. The van der Waals surface area contributed by atoms with Gasteiger partial charge in [0.2, 0.25) is 10.0 Å². The van der Waals surface area contributed by atoms with Crippen molar-refractivity contribution in [2.75, 3.05) is 12.8 Å². The van der Waals surface area contributed by atoms with E-state index in [0.29, 0.717) is 4.47 Å². The molecule has 0 aliphatic carbocycles. The van der Waals surface area contributed by atoms with Crippen molar-refractivity contribution in [3.8, 4) is 0 Å². The Hall–Kier alpha value is -0.590. The van der Waals surface area contributed by atoms with E-state index in [1.165, 1.54) is 13.1 Å². The quantitative estimate of drug-likeness (QED) is 0.781. The van der Waals surface area contributed by atoms with Crippen molar-refractivity contribution in [1.29, 1.82) is 0 Å². The minimum absolute atomic E-state index is 0.0810. The summed E-state index contributed by atoms with van der Waals surface area (Å²) in [4.78, 5) is 0.0810. The predicted octanol–water partition coefficient (Wildman–Crippen LogP) is 0.939. The zero-order chi connectivity index (χ0) is 10.1. The molecule has 0 amide bonds. The first kappa shape index (κ1) is 10.5. The number of rotatable bonds is 2. The molecule has 0 aromatic heterocycles. The molecule has 0 saturated carbocycles. The Kier molecular flexibility index (Phi) is 2.94. The highest BCUT2D eigenvalue weighted by molar-refractivity contribution is 9.10. The Labute approximate surface area is 85.3 Å². The fraction of sp³-hybridized carbons (Fsp3) is 0.143. The highest BCUT2D eigenvalue weighted by Crippen LogP contribution is 2.26. The number of hydrogen-bond donors (Lipinski definition) is 2. The summed E-state index contributed by atoms with van der Waals surface area (Å²) in [5.41, 5.74) is 5.76. The lowest BCUT2D eigenvalue weighted by Crippen LogP contribution is -2.20. The molecule has 0 bridgehead atoms. The molecule has 0 aliphatic rings. The van der Waals surface area contributed by atoms with Gasteiger partial charge in [0, 0.05) is 4.47 Å². The van der Waals surface area contributed by atoms with Crippen molar-refractivity contribution < 1.29 is 8.42 Å². The summed E-state index contributed by atoms with van der Waals surface area (Å²) in [6, 6.07) is 4.84. The van der Waals surface area contributed by atoms with E-state index in [1.807, 2.05) is 0 Å². The zero-order valence-electron chi connectivity index (χ0n) is 6.91. The summed E-state index contributed by atoms with van der Waals surface area (Å²) in [6.07, 6.45) is 0. The first-order valence-corrected chi connectivity index (χ1v) is 5.74. The normalized spacial score (nSPS) is 11.5. The van der Waals surface area contributed by atoms with Gasteiger partial charge >= 0.3 is 0 Å². The van der Waals surface area contributed by atoms with Crippen LogP contribution in [0.3, 0.4) is 0 Å². The Morgan fingerprint density at radius 2 is 2.08 bits per heavy atom. The van der Waals surface area contributed by atoms with Gasteiger partial charge < -0.3 is 5.73 Å². The van der Waals surface area contributed by atoms with E-state index in [2.05, 4.69) is 20.7 Å². The van der Waals surface area contributed by atoms with Crippen molar-refractivity contribution >= 4 is 31.6 Å². The fourth-order valence-electron chi connectivity index (χ4n) is 0.911. The molecular formula is C7H9BrN2O2S. The molecule has 1 rings (SSSR count). The third kappa shape index (κ3) is 2.01. The van der Waals surface area contributed by atoms with Crippen LogP contribution in [0.4, 0.5) is 5.69 Å². The van der Waals surface area contributed by atoms with Gasteiger partial charge in [-0.3, -0.25) is 0 Å². The van der Waals surface area contributed by atoms with E-state index >= 15 is 0 Å². The van der Waals surface area contributed by atoms with Crippen LogP contribution < -0.4 is 10.5 Å². The van der Waals surface area contributed by atoms with Gasteiger partial charge in [0.15, 0.2) is 0 Å². The summed E-state index contributed by atoms with van der Waals surface area (Å²) >= 11 is 3.12. The second-order valence-electron chi connectivity index (χ2n) is 2.37. The van der Waals surface area contributed by atoms with Crippen LogP contribution in [0.25, 0.3) is 0 Å². The maximum absolute atomic E-state index is 11.4. The van der Waals surface area contributed by atoms with E-state index in [1.54, 1.807) is 12.1 Å². The number of anilines is 1. The second-order valence-corrected chi connectivity index (χ2v) is 5.04. The van der Waals surface area contributed by atoms with Crippen LogP contribution in [0, 0.1) is 0 Å². The van der Waals surface area contributed by atoms with Gasteiger partial charge in [0.05, 0.1) is 5.69 Å². The van der Waals surface area contributed by atoms with Gasteiger partial charge in [0.1, 0.15) is 4.90 Å². The average molecular weight is 265 g/mol. The molecule has 4 nitrogen and oxygen atoms in total. The summed E-state index contributed by atoms with van der Waals surface area (Å²) in [5, 5.41) is 0. The lowest BCUT2D eigenvalue weighted by atomic mass is 10.3. The minimum atomic E-state index is -3.48. The Morgan fingerprint density at radius 3 is 2.54 bits per heavy atom. The van der Waals surface area contributed by atoms with Gasteiger partial charge in [-0.05, 0) is 35.1 Å². The number of sulfonamides is 1. The largest absolute Gasteiger partial charge is 0.398 e. The molecule has 0 aliphatic heterocycles. The van der Waals surface area contributed by atoms with Crippen molar-refractivity contribution in [1.82, 2.24) is 4.72 Å². The van der Waals surface area contributed by atoms with Crippen LogP contribution in [-0.2, 0) is 10.0 Å². The Balaban J connectivity index is 3.46.